The van der Waals surface area contributed by atoms with Crippen LogP contribution in [0.2, 0.25) is 5.02 Å². The van der Waals surface area contributed by atoms with Crippen LogP contribution < -0.4 is 0 Å². The van der Waals surface area contributed by atoms with Gasteiger partial charge in [0.1, 0.15) is 0 Å². The number of nitrogens with zero attached hydrogens (tertiary/aromatic N) is 1. The van der Waals surface area contributed by atoms with Gasteiger partial charge < -0.3 is 9.84 Å². The van der Waals surface area contributed by atoms with E-state index in [2.05, 4.69) is 6.58 Å². The van der Waals surface area contributed by atoms with Gasteiger partial charge in [0.2, 0.25) is 0 Å². The monoisotopic (exact) mass is 297 g/mol. The van der Waals surface area contributed by atoms with E-state index in [4.69, 9.17) is 16.3 Å². The standard InChI is InChI=1S/C16H24ClNO2/c1-12(2)9-18(4)10-16(19)11-20-13(3)14-5-7-15(17)8-6-14/h5-8,13,16,19H,1,9-11H2,2-4H3. The molecule has 2 unspecified atom stereocenters. The summed E-state index contributed by atoms with van der Waals surface area (Å²) in [6.07, 6.45) is -0.567. The van der Waals surface area contributed by atoms with Crippen molar-refractivity contribution in [1.82, 2.24) is 4.90 Å². The Morgan fingerprint density at radius 1 is 1.40 bits per heavy atom. The Hall–Kier alpha value is -0.870. The summed E-state index contributed by atoms with van der Waals surface area (Å²) in [7, 11) is 1.96. The van der Waals surface area contributed by atoms with Gasteiger partial charge in [-0.3, -0.25) is 4.90 Å². The third-order valence-electron chi connectivity index (χ3n) is 2.94. The number of benzene rings is 1. The average Bonchev–Trinajstić information content (AvgIpc) is 2.35. The molecule has 2 atom stereocenters. The van der Waals surface area contributed by atoms with E-state index < -0.39 is 6.10 Å². The minimum Gasteiger partial charge on any atom is -0.389 e. The summed E-state index contributed by atoms with van der Waals surface area (Å²) in [4.78, 5) is 2.03. The molecule has 1 aromatic rings. The molecular weight excluding hydrogens is 274 g/mol. The minimum absolute atomic E-state index is 0.0617. The fourth-order valence-corrected chi connectivity index (χ4v) is 2.15. The first-order valence-corrected chi connectivity index (χ1v) is 7.14. The Kier molecular flexibility index (Phi) is 7.24. The van der Waals surface area contributed by atoms with Crippen LogP contribution in [0.3, 0.4) is 0 Å². The summed E-state index contributed by atoms with van der Waals surface area (Å²) < 4.78 is 5.69. The van der Waals surface area contributed by atoms with Gasteiger partial charge in [-0.05, 0) is 38.6 Å². The topological polar surface area (TPSA) is 32.7 Å². The molecule has 1 aromatic carbocycles. The van der Waals surface area contributed by atoms with Crippen LogP contribution in [-0.2, 0) is 4.74 Å². The highest BCUT2D eigenvalue weighted by molar-refractivity contribution is 6.30. The number of hydrogen-bond donors (Lipinski definition) is 1. The highest BCUT2D eigenvalue weighted by Gasteiger charge is 2.12. The molecule has 0 radical (unpaired) electrons. The van der Waals surface area contributed by atoms with Gasteiger partial charge in [-0.2, -0.15) is 0 Å². The molecule has 1 rings (SSSR count). The van der Waals surface area contributed by atoms with Gasteiger partial charge >= 0.3 is 0 Å². The predicted molar refractivity (Wildman–Crippen MR) is 84.1 cm³/mol. The molecule has 3 nitrogen and oxygen atoms in total. The van der Waals surface area contributed by atoms with Crippen LogP contribution in [0.5, 0.6) is 0 Å². The van der Waals surface area contributed by atoms with E-state index >= 15 is 0 Å². The average molecular weight is 298 g/mol. The molecular formula is C16H24ClNO2. The molecule has 0 heterocycles. The zero-order valence-electron chi connectivity index (χ0n) is 12.5. The lowest BCUT2D eigenvalue weighted by Gasteiger charge is -2.22. The summed E-state index contributed by atoms with van der Waals surface area (Å²) in [5.74, 6) is 0. The molecule has 112 valence electrons. The van der Waals surface area contributed by atoms with Crippen LogP contribution >= 0.6 is 11.6 Å². The Bertz CT molecular complexity index is 419. The summed E-state index contributed by atoms with van der Waals surface area (Å²) in [5.41, 5.74) is 2.13. The molecule has 4 heteroatoms. The minimum atomic E-state index is -0.505. The number of rotatable bonds is 8. The molecule has 0 fully saturated rings. The lowest BCUT2D eigenvalue weighted by atomic mass is 10.1. The maximum absolute atomic E-state index is 9.95. The second kappa shape index (κ2) is 8.42. The third-order valence-corrected chi connectivity index (χ3v) is 3.19. The second-order valence-corrected chi connectivity index (χ2v) is 5.77. The SMILES string of the molecule is C=C(C)CN(C)CC(O)COC(C)c1ccc(Cl)cc1. The van der Waals surface area contributed by atoms with Gasteiger partial charge in [-0.25, -0.2) is 0 Å². The smallest absolute Gasteiger partial charge is 0.0900 e. The highest BCUT2D eigenvalue weighted by Crippen LogP contribution is 2.19. The fourth-order valence-electron chi connectivity index (χ4n) is 2.02. The Morgan fingerprint density at radius 3 is 2.55 bits per heavy atom. The lowest BCUT2D eigenvalue weighted by molar-refractivity contribution is -0.0122. The van der Waals surface area contributed by atoms with Gasteiger partial charge in [0.05, 0.1) is 18.8 Å². The maximum atomic E-state index is 9.95. The Balaban J connectivity index is 2.34. The van der Waals surface area contributed by atoms with Crippen LogP contribution in [0.1, 0.15) is 25.5 Å². The van der Waals surface area contributed by atoms with Crippen LogP contribution in [0, 0.1) is 0 Å². The predicted octanol–water partition coefficient (Wildman–Crippen LogP) is 3.29. The van der Waals surface area contributed by atoms with E-state index in [1.165, 1.54) is 0 Å². The van der Waals surface area contributed by atoms with E-state index in [-0.39, 0.29) is 6.10 Å². The second-order valence-electron chi connectivity index (χ2n) is 5.33. The van der Waals surface area contributed by atoms with Crippen molar-refractivity contribution in [2.75, 3.05) is 26.7 Å². The van der Waals surface area contributed by atoms with Crippen molar-refractivity contribution in [2.24, 2.45) is 0 Å². The molecule has 0 aliphatic rings. The van der Waals surface area contributed by atoms with Crippen molar-refractivity contribution < 1.29 is 9.84 Å². The van der Waals surface area contributed by atoms with Crippen LogP contribution in [-0.4, -0.2) is 42.9 Å². The number of ether oxygens (including phenoxy) is 1. The van der Waals surface area contributed by atoms with Crippen LogP contribution in [0.4, 0.5) is 0 Å². The fraction of sp³-hybridized carbons (Fsp3) is 0.500. The summed E-state index contributed by atoms with van der Waals surface area (Å²) in [5, 5.41) is 10.7. The van der Waals surface area contributed by atoms with E-state index in [1.807, 2.05) is 50.1 Å². The number of aliphatic hydroxyl groups is 1. The number of likely N-dealkylation sites (N-methyl/N-ethyl adjacent to an activating group) is 1. The van der Waals surface area contributed by atoms with Gasteiger partial charge in [-0.1, -0.05) is 35.9 Å². The van der Waals surface area contributed by atoms with E-state index in [0.29, 0.717) is 18.2 Å². The van der Waals surface area contributed by atoms with Gasteiger partial charge in [0, 0.05) is 18.1 Å². The number of aliphatic hydroxyl groups excluding tert-OH is 1. The van der Waals surface area contributed by atoms with Crippen molar-refractivity contribution in [3.63, 3.8) is 0 Å². The van der Waals surface area contributed by atoms with Crippen LogP contribution in [0.25, 0.3) is 0 Å². The van der Waals surface area contributed by atoms with Crippen molar-refractivity contribution in [3.8, 4) is 0 Å². The number of hydrogen-bond acceptors (Lipinski definition) is 3. The Morgan fingerprint density at radius 2 is 2.00 bits per heavy atom. The zero-order valence-corrected chi connectivity index (χ0v) is 13.2. The molecule has 20 heavy (non-hydrogen) atoms. The quantitative estimate of drug-likeness (QED) is 0.748. The molecule has 0 saturated carbocycles. The molecule has 0 aromatic heterocycles. The van der Waals surface area contributed by atoms with E-state index in [1.54, 1.807) is 0 Å². The van der Waals surface area contributed by atoms with Gasteiger partial charge in [0.15, 0.2) is 0 Å². The first kappa shape index (κ1) is 17.2. The maximum Gasteiger partial charge on any atom is 0.0900 e. The summed E-state index contributed by atoms with van der Waals surface area (Å²) in [6, 6.07) is 7.56. The number of halogens is 1. The van der Waals surface area contributed by atoms with E-state index in [0.717, 1.165) is 17.7 Å². The molecule has 0 amide bonds. The molecule has 1 N–H and O–H groups in total. The lowest BCUT2D eigenvalue weighted by Crippen LogP contribution is -2.33. The third kappa shape index (κ3) is 6.53. The molecule has 0 aliphatic carbocycles. The van der Waals surface area contributed by atoms with Crippen molar-refractivity contribution >= 4 is 11.6 Å². The zero-order chi connectivity index (χ0) is 15.1. The van der Waals surface area contributed by atoms with E-state index in [9.17, 15) is 5.11 Å². The normalized spacial score (nSPS) is 14.3. The summed E-state index contributed by atoms with van der Waals surface area (Å²) in [6.45, 7) is 9.46. The largest absolute Gasteiger partial charge is 0.389 e. The van der Waals surface area contributed by atoms with Gasteiger partial charge in [-0.15, -0.1) is 0 Å². The van der Waals surface area contributed by atoms with Crippen molar-refractivity contribution in [3.05, 3.63) is 47.0 Å². The first-order chi connectivity index (χ1) is 9.38. The van der Waals surface area contributed by atoms with Gasteiger partial charge in [0.25, 0.3) is 0 Å². The molecule has 0 spiro atoms. The Labute approximate surface area is 126 Å². The highest BCUT2D eigenvalue weighted by atomic mass is 35.5. The molecule has 0 aliphatic heterocycles. The molecule has 0 saturated heterocycles. The molecule has 0 bridgehead atoms. The van der Waals surface area contributed by atoms with Crippen molar-refractivity contribution in [2.45, 2.75) is 26.1 Å². The first-order valence-electron chi connectivity index (χ1n) is 6.76. The van der Waals surface area contributed by atoms with Crippen LogP contribution in [0.15, 0.2) is 36.4 Å². The van der Waals surface area contributed by atoms with Crippen molar-refractivity contribution in [1.29, 1.82) is 0 Å². The summed E-state index contributed by atoms with van der Waals surface area (Å²) >= 11 is 5.85.